The van der Waals surface area contributed by atoms with Gasteiger partial charge in [-0.2, -0.15) is 0 Å². The van der Waals surface area contributed by atoms with Crippen molar-refractivity contribution < 1.29 is 14.3 Å². The fourth-order valence-electron chi connectivity index (χ4n) is 3.35. The summed E-state index contributed by atoms with van der Waals surface area (Å²) >= 11 is 3.38. The van der Waals surface area contributed by atoms with Gasteiger partial charge in [0.1, 0.15) is 12.4 Å². The number of aryl methyl sites for hydroxylation is 1. The van der Waals surface area contributed by atoms with Gasteiger partial charge < -0.3 is 14.8 Å². The molecule has 1 amide bonds. The Morgan fingerprint density at radius 3 is 2.81 bits per heavy atom. The van der Waals surface area contributed by atoms with Crippen molar-refractivity contribution in [1.82, 2.24) is 4.98 Å². The van der Waals surface area contributed by atoms with Crippen LogP contribution in [0.15, 0.2) is 58.8 Å². The van der Waals surface area contributed by atoms with Crippen molar-refractivity contribution >= 4 is 34.7 Å². The maximum absolute atomic E-state index is 12.8. The molecule has 1 fully saturated rings. The first kappa shape index (κ1) is 21.9. The second-order valence-electron chi connectivity index (χ2n) is 7.42. The van der Waals surface area contributed by atoms with E-state index >= 15 is 0 Å². The molecule has 1 N–H and O–H groups in total. The Morgan fingerprint density at radius 1 is 1.23 bits per heavy atom. The van der Waals surface area contributed by atoms with Crippen LogP contribution in [0, 0.1) is 6.92 Å². The molecule has 162 valence electrons. The number of carbonyl (C=O) groups excluding carboxylic acids is 1. The van der Waals surface area contributed by atoms with Crippen molar-refractivity contribution in [3.63, 3.8) is 0 Å². The number of aromatic nitrogens is 1. The number of hydrogen-bond acceptors (Lipinski definition) is 6. The first-order valence-corrected chi connectivity index (χ1v) is 12.3. The van der Waals surface area contributed by atoms with Crippen LogP contribution in [0.1, 0.15) is 40.3 Å². The van der Waals surface area contributed by atoms with Crippen LogP contribution in [-0.4, -0.2) is 30.2 Å². The second-order valence-corrected chi connectivity index (χ2v) is 9.53. The summed E-state index contributed by atoms with van der Waals surface area (Å²) in [6, 6.07) is 15.2. The maximum Gasteiger partial charge on any atom is 0.255 e. The number of nitrogens with one attached hydrogen (secondary N) is 1. The Hall–Kier alpha value is -2.35. The van der Waals surface area contributed by atoms with E-state index in [1.807, 2.05) is 55.5 Å². The number of ether oxygens (including phenoxy) is 2. The van der Waals surface area contributed by atoms with Crippen LogP contribution in [0.25, 0.3) is 0 Å². The minimum atomic E-state index is -0.156. The van der Waals surface area contributed by atoms with Crippen LogP contribution >= 0.6 is 23.1 Å². The summed E-state index contributed by atoms with van der Waals surface area (Å²) in [6.07, 6.45) is 3.42. The Kier molecular flexibility index (Phi) is 7.61. The highest BCUT2D eigenvalue weighted by molar-refractivity contribution is 7.98. The van der Waals surface area contributed by atoms with Crippen LogP contribution in [0.2, 0.25) is 0 Å². The topological polar surface area (TPSA) is 60.5 Å². The molecule has 0 spiro atoms. The minimum absolute atomic E-state index is 0.121. The SMILES string of the molecule is Cc1nc(CSc2ccc(C(=O)Nc3ccccc3OCC3CCCCO3)cc2)cs1. The highest BCUT2D eigenvalue weighted by atomic mass is 32.2. The van der Waals surface area contributed by atoms with Crippen LogP contribution in [0.5, 0.6) is 5.75 Å². The van der Waals surface area contributed by atoms with Gasteiger partial charge in [0.2, 0.25) is 0 Å². The lowest BCUT2D eigenvalue weighted by molar-refractivity contribution is -0.0109. The van der Waals surface area contributed by atoms with E-state index in [2.05, 4.69) is 15.7 Å². The summed E-state index contributed by atoms with van der Waals surface area (Å²) in [5, 5.41) is 6.14. The normalized spacial score (nSPS) is 16.1. The molecule has 0 bridgehead atoms. The van der Waals surface area contributed by atoms with Gasteiger partial charge in [0, 0.05) is 28.2 Å². The Balaban J connectivity index is 1.33. The van der Waals surface area contributed by atoms with E-state index in [9.17, 15) is 4.79 Å². The maximum atomic E-state index is 12.8. The number of nitrogens with zero attached hydrogens (tertiary/aromatic N) is 1. The van der Waals surface area contributed by atoms with Crippen molar-refractivity contribution in [3.8, 4) is 5.75 Å². The van der Waals surface area contributed by atoms with Crippen LogP contribution in [0.4, 0.5) is 5.69 Å². The number of para-hydroxylation sites is 2. The molecule has 1 aliphatic rings. The molecule has 7 heteroatoms. The molecule has 0 radical (unpaired) electrons. The molecule has 4 rings (SSSR count). The molecule has 1 saturated heterocycles. The number of rotatable bonds is 8. The molecule has 0 aliphatic carbocycles. The van der Waals surface area contributed by atoms with Crippen LogP contribution in [0.3, 0.4) is 0 Å². The number of benzene rings is 2. The number of anilines is 1. The van der Waals surface area contributed by atoms with Gasteiger partial charge >= 0.3 is 0 Å². The summed E-state index contributed by atoms with van der Waals surface area (Å²) in [5.74, 6) is 1.33. The van der Waals surface area contributed by atoms with Gasteiger partial charge in [0.15, 0.2) is 0 Å². The molecule has 1 atom stereocenters. The van der Waals surface area contributed by atoms with E-state index in [0.717, 1.165) is 40.8 Å². The quantitative estimate of drug-likeness (QED) is 0.427. The zero-order valence-corrected chi connectivity index (χ0v) is 19.1. The zero-order chi connectivity index (χ0) is 21.5. The highest BCUT2D eigenvalue weighted by Gasteiger charge is 2.16. The van der Waals surface area contributed by atoms with Gasteiger partial charge in [-0.05, 0) is 62.6 Å². The van der Waals surface area contributed by atoms with Crippen molar-refractivity contribution in [1.29, 1.82) is 0 Å². The lowest BCUT2D eigenvalue weighted by atomic mass is 10.1. The molecule has 1 aliphatic heterocycles. The van der Waals surface area contributed by atoms with E-state index in [0.29, 0.717) is 23.6 Å². The molecule has 2 aromatic carbocycles. The third-order valence-corrected chi connectivity index (χ3v) is 6.87. The lowest BCUT2D eigenvalue weighted by Crippen LogP contribution is -2.26. The Labute approximate surface area is 191 Å². The molecule has 0 saturated carbocycles. The molecular formula is C24H26N2O3S2. The zero-order valence-electron chi connectivity index (χ0n) is 17.5. The van der Waals surface area contributed by atoms with Crippen molar-refractivity contribution in [2.75, 3.05) is 18.5 Å². The standard InChI is InChI=1S/C24H26N2O3S2/c1-17-25-19(15-30-17)16-31-21-11-9-18(10-12-21)24(27)26-22-7-2-3-8-23(22)29-14-20-6-4-5-13-28-20/h2-3,7-12,15,20H,4-6,13-14,16H2,1H3,(H,26,27). The molecule has 31 heavy (non-hydrogen) atoms. The average molecular weight is 455 g/mol. The highest BCUT2D eigenvalue weighted by Crippen LogP contribution is 2.27. The fourth-order valence-corrected chi connectivity index (χ4v) is 4.86. The van der Waals surface area contributed by atoms with Gasteiger partial charge in [-0.15, -0.1) is 23.1 Å². The summed E-state index contributed by atoms with van der Waals surface area (Å²) in [6.45, 7) is 3.31. The smallest absolute Gasteiger partial charge is 0.255 e. The third-order valence-electron chi connectivity index (χ3n) is 5.00. The summed E-state index contributed by atoms with van der Waals surface area (Å²) < 4.78 is 11.7. The predicted molar refractivity (Wildman–Crippen MR) is 126 cm³/mol. The van der Waals surface area contributed by atoms with Crippen molar-refractivity contribution in [2.24, 2.45) is 0 Å². The summed E-state index contributed by atoms with van der Waals surface area (Å²) in [7, 11) is 0. The lowest BCUT2D eigenvalue weighted by Gasteiger charge is -2.23. The Morgan fingerprint density at radius 2 is 2.06 bits per heavy atom. The van der Waals surface area contributed by atoms with E-state index in [1.165, 1.54) is 6.42 Å². The predicted octanol–water partition coefficient (Wildman–Crippen LogP) is 5.94. The molecule has 3 aromatic rings. The minimum Gasteiger partial charge on any atom is -0.489 e. The first-order valence-electron chi connectivity index (χ1n) is 10.5. The largest absolute Gasteiger partial charge is 0.489 e. The number of hydrogen-bond donors (Lipinski definition) is 1. The van der Waals surface area contributed by atoms with E-state index < -0.39 is 0 Å². The number of carbonyl (C=O) groups is 1. The summed E-state index contributed by atoms with van der Waals surface area (Å²) in [5.41, 5.74) is 2.37. The fraction of sp³-hybridized carbons (Fsp3) is 0.333. The summed E-state index contributed by atoms with van der Waals surface area (Å²) in [4.78, 5) is 18.4. The number of thioether (sulfide) groups is 1. The van der Waals surface area contributed by atoms with Crippen molar-refractivity contribution in [3.05, 3.63) is 70.2 Å². The second kappa shape index (κ2) is 10.8. The van der Waals surface area contributed by atoms with E-state index in [1.54, 1.807) is 23.1 Å². The van der Waals surface area contributed by atoms with Crippen LogP contribution in [-0.2, 0) is 10.5 Å². The first-order chi connectivity index (χ1) is 15.2. The van der Waals surface area contributed by atoms with E-state index in [4.69, 9.17) is 9.47 Å². The third kappa shape index (κ3) is 6.32. The van der Waals surface area contributed by atoms with Gasteiger partial charge in [-0.1, -0.05) is 12.1 Å². The van der Waals surface area contributed by atoms with Crippen LogP contribution < -0.4 is 10.1 Å². The van der Waals surface area contributed by atoms with Gasteiger partial charge in [-0.3, -0.25) is 4.79 Å². The Bertz CT molecular complexity index is 998. The van der Waals surface area contributed by atoms with Crippen molar-refractivity contribution in [2.45, 2.75) is 42.9 Å². The van der Waals surface area contributed by atoms with Gasteiger partial charge in [-0.25, -0.2) is 4.98 Å². The molecule has 5 nitrogen and oxygen atoms in total. The monoisotopic (exact) mass is 454 g/mol. The van der Waals surface area contributed by atoms with Gasteiger partial charge in [0.25, 0.3) is 5.91 Å². The van der Waals surface area contributed by atoms with Gasteiger partial charge in [0.05, 0.1) is 22.5 Å². The molecular weight excluding hydrogens is 428 g/mol. The molecule has 1 unspecified atom stereocenters. The average Bonchev–Trinajstić information content (AvgIpc) is 3.23. The number of thiazole rings is 1. The molecule has 2 heterocycles. The molecule has 1 aromatic heterocycles. The number of amides is 1. The van der Waals surface area contributed by atoms with E-state index in [-0.39, 0.29) is 12.0 Å².